The highest BCUT2D eigenvalue weighted by Gasteiger charge is 2.27. The Balaban J connectivity index is 1.87. The largest absolute Gasteiger partial charge is 0.350 e. The van der Waals surface area contributed by atoms with Gasteiger partial charge >= 0.3 is 0 Å². The van der Waals surface area contributed by atoms with Gasteiger partial charge < -0.3 is 5.32 Å². The van der Waals surface area contributed by atoms with Crippen LogP contribution in [0.5, 0.6) is 0 Å². The molecule has 0 saturated heterocycles. The van der Waals surface area contributed by atoms with Crippen molar-refractivity contribution in [2.45, 2.75) is 25.3 Å². The van der Waals surface area contributed by atoms with Crippen LogP contribution < -0.4 is 9.62 Å². The van der Waals surface area contributed by atoms with Gasteiger partial charge in [0.2, 0.25) is 5.91 Å². The third-order valence-corrected chi connectivity index (χ3v) is 6.76. The zero-order chi connectivity index (χ0) is 21.7. The molecular formula is C23H23ClN2O3S. The highest BCUT2D eigenvalue weighted by atomic mass is 35.5. The molecule has 30 heavy (non-hydrogen) atoms. The second kappa shape index (κ2) is 9.32. The molecule has 3 rings (SSSR count). The Morgan fingerprint density at radius 3 is 2.33 bits per heavy atom. The second-order valence-corrected chi connectivity index (χ2v) is 9.31. The maximum Gasteiger partial charge on any atom is 0.264 e. The number of halogens is 1. The van der Waals surface area contributed by atoms with Gasteiger partial charge in [0.05, 0.1) is 10.6 Å². The molecule has 1 N–H and O–H groups in total. The van der Waals surface area contributed by atoms with E-state index < -0.39 is 15.9 Å². The molecule has 0 aliphatic carbocycles. The predicted octanol–water partition coefficient (Wildman–Crippen LogP) is 4.47. The Hall–Kier alpha value is -2.83. The fourth-order valence-electron chi connectivity index (χ4n) is 3.02. The molecule has 0 aliphatic rings. The van der Waals surface area contributed by atoms with Crippen LogP contribution in [0.15, 0.2) is 77.7 Å². The SMILES string of the molecule is Cc1cccc(N(CC(=O)NCc2ccccc2C)S(=O)(=O)c2ccc(Cl)cc2)c1. The standard InChI is InChI=1S/C23H23ClN2O3S/c1-17-6-5-9-21(14-17)26(30(28,29)22-12-10-20(24)11-13-22)16-23(27)25-15-19-8-4-3-7-18(19)2/h3-14H,15-16H2,1-2H3,(H,25,27). The van der Waals surface area contributed by atoms with E-state index in [1.54, 1.807) is 18.2 Å². The van der Waals surface area contributed by atoms with Crippen LogP contribution in [0.4, 0.5) is 5.69 Å². The average Bonchev–Trinajstić information content (AvgIpc) is 2.71. The number of rotatable bonds is 7. The van der Waals surface area contributed by atoms with Crippen molar-refractivity contribution in [1.82, 2.24) is 5.32 Å². The number of sulfonamides is 1. The summed E-state index contributed by atoms with van der Waals surface area (Å²) in [6.07, 6.45) is 0. The zero-order valence-electron chi connectivity index (χ0n) is 16.8. The first-order valence-corrected chi connectivity index (χ1v) is 11.3. The number of hydrogen-bond acceptors (Lipinski definition) is 3. The maximum absolute atomic E-state index is 13.3. The third kappa shape index (κ3) is 5.20. The highest BCUT2D eigenvalue weighted by molar-refractivity contribution is 7.92. The Morgan fingerprint density at radius 2 is 1.67 bits per heavy atom. The van der Waals surface area contributed by atoms with Crippen LogP contribution in [0.3, 0.4) is 0 Å². The number of hydrogen-bond donors (Lipinski definition) is 1. The van der Waals surface area contributed by atoms with Crippen molar-refractivity contribution in [3.8, 4) is 0 Å². The molecule has 0 radical (unpaired) electrons. The minimum Gasteiger partial charge on any atom is -0.350 e. The first-order chi connectivity index (χ1) is 14.3. The molecule has 7 heteroatoms. The van der Waals surface area contributed by atoms with E-state index in [2.05, 4.69) is 5.32 Å². The van der Waals surface area contributed by atoms with Gasteiger partial charge in [-0.25, -0.2) is 8.42 Å². The predicted molar refractivity (Wildman–Crippen MR) is 120 cm³/mol. The number of anilines is 1. The molecule has 0 aromatic heterocycles. The lowest BCUT2D eigenvalue weighted by Gasteiger charge is -2.24. The summed E-state index contributed by atoms with van der Waals surface area (Å²) in [6.45, 7) is 3.83. The van der Waals surface area contributed by atoms with E-state index in [9.17, 15) is 13.2 Å². The van der Waals surface area contributed by atoms with Crippen LogP contribution in [0.2, 0.25) is 5.02 Å². The number of aryl methyl sites for hydroxylation is 2. The normalized spacial score (nSPS) is 11.2. The summed E-state index contributed by atoms with van der Waals surface area (Å²) in [5.74, 6) is -0.391. The zero-order valence-corrected chi connectivity index (χ0v) is 18.4. The molecule has 0 aliphatic heterocycles. The number of nitrogens with zero attached hydrogens (tertiary/aromatic N) is 1. The minimum absolute atomic E-state index is 0.0695. The molecule has 0 heterocycles. The molecule has 0 unspecified atom stereocenters. The van der Waals surface area contributed by atoms with Crippen LogP contribution in [-0.4, -0.2) is 20.9 Å². The van der Waals surface area contributed by atoms with Crippen molar-refractivity contribution in [3.05, 3.63) is 94.5 Å². The van der Waals surface area contributed by atoms with Gasteiger partial charge in [-0.05, 0) is 66.9 Å². The summed E-state index contributed by atoms with van der Waals surface area (Å²) in [7, 11) is -3.96. The van der Waals surface area contributed by atoms with Crippen molar-refractivity contribution in [1.29, 1.82) is 0 Å². The Labute approximate surface area is 182 Å². The first-order valence-electron chi connectivity index (χ1n) is 9.43. The summed E-state index contributed by atoms with van der Waals surface area (Å²) >= 11 is 5.90. The van der Waals surface area contributed by atoms with Gasteiger partial charge in [-0.2, -0.15) is 0 Å². The molecule has 1 amide bonds. The topological polar surface area (TPSA) is 66.5 Å². The average molecular weight is 443 g/mol. The Kier molecular flexibility index (Phi) is 6.80. The van der Waals surface area contributed by atoms with Crippen molar-refractivity contribution >= 4 is 33.2 Å². The van der Waals surface area contributed by atoms with Crippen LogP contribution in [-0.2, 0) is 21.4 Å². The molecule has 0 spiro atoms. The molecule has 3 aromatic rings. The summed E-state index contributed by atoms with van der Waals surface area (Å²) in [5.41, 5.74) is 3.36. The molecule has 0 fully saturated rings. The quantitative estimate of drug-likeness (QED) is 0.587. The minimum atomic E-state index is -3.96. The third-order valence-electron chi connectivity index (χ3n) is 4.72. The summed E-state index contributed by atoms with van der Waals surface area (Å²) in [4.78, 5) is 12.8. The monoisotopic (exact) mass is 442 g/mol. The van der Waals surface area contributed by atoms with Gasteiger partial charge in [0, 0.05) is 11.6 Å². The van der Waals surface area contributed by atoms with Gasteiger partial charge in [0.15, 0.2) is 0 Å². The van der Waals surface area contributed by atoms with Crippen molar-refractivity contribution in [3.63, 3.8) is 0 Å². The van der Waals surface area contributed by atoms with E-state index in [1.807, 2.05) is 44.2 Å². The lowest BCUT2D eigenvalue weighted by molar-refractivity contribution is -0.119. The van der Waals surface area contributed by atoms with Crippen LogP contribution >= 0.6 is 11.6 Å². The van der Waals surface area contributed by atoms with E-state index in [1.165, 1.54) is 24.3 Å². The lowest BCUT2D eigenvalue weighted by atomic mass is 10.1. The number of carbonyl (C=O) groups excluding carboxylic acids is 1. The Morgan fingerprint density at radius 1 is 0.967 bits per heavy atom. The van der Waals surface area contributed by atoms with Crippen LogP contribution in [0, 0.1) is 13.8 Å². The molecule has 0 bridgehead atoms. The van der Waals surface area contributed by atoms with E-state index >= 15 is 0 Å². The molecule has 0 saturated carbocycles. The summed E-state index contributed by atoms with van der Waals surface area (Å²) < 4.78 is 27.8. The van der Waals surface area contributed by atoms with Gasteiger partial charge in [-0.1, -0.05) is 48.0 Å². The van der Waals surface area contributed by atoms with E-state index in [4.69, 9.17) is 11.6 Å². The molecule has 3 aromatic carbocycles. The fraction of sp³-hybridized carbons (Fsp3) is 0.174. The smallest absolute Gasteiger partial charge is 0.264 e. The number of carbonyl (C=O) groups is 1. The summed E-state index contributed by atoms with van der Waals surface area (Å²) in [5, 5.41) is 3.26. The van der Waals surface area contributed by atoms with Crippen molar-refractivity contribution < 1.29 is 13.2 Å². The second-order valence-electron chi connectivity index (χ2n) is 7.01. The molecule has 156 valence electrons. The fourth-order valence-corrected chi connectivity index (χ4v) is 4.56. The number of amides is 1. The summed E-state index contributed by atoms with van der Waals surface area (Å²) in [6, 6.07) is 20.7. The van der Waals surface area contributed by atoms with Gasteiger partial charge in [-0.15, -0.1) is 0 Å². The van der Waals surface area contributed by atoms with Gasteiger partial charge in [-0.3, -0.25) is 9.10 Å². The number of nitrogens with one attached hydrogen (secondary N) is 1. The Bertz CT molecular complexity index is 1150. The van der Waals surface area contributed by atoms with E-state index in [-0.39, 0.29) is 11.4 Å². The highest BCUT2D eigenvalue weighted by Crippen LogP contribution is 2.25. The molecular weight excluding hydrogens is 420 g/mol. The van der Waals surface area contributed by atoms with Crippen LogP contribution in [0.25, 0.3) is 0 Å². The molecule has 5 nitrogen and oxygen atoms in total. The molecule has 0 atom stereocenters. The van der Waals surface area contributed by atoms with Gasteiger partial charge in [0.1, 0.15) is 6.54 Å². The van der Waals surface area contributed by atoms with Crippen LogP contribution in [0.1, 0.15) is 16.7 Å². The maximum atomic E-state index is 13.3. The van der Waals surface area contributed by atoms with Crippen molar-refractivity contribution in [2.24, 2.45) is 0 Å². The van der Waals surface area contributed by atoms with Crippen molar-refractivity contribution in [2.75, 3.05) is 10.8 Å². The first kappa shape index (κ1) is 21.9. The van der Waals surface area contributed by atoms with Gasteiger partial charge in [0.25, 0.3) is 10.0 Å². The number of benzene rings is 3. The van der Waals surface area contributed by atoms with E-state index in [0.29, 0.717) is 17.3 Å². The lowest BCUT2D eigenvalue weighted by Crippen LogP contribution is -2.40. The van der Waals surface area contributed by atoms with E-state index in [0.717, 1.165) is 21.0 Å².